The molecule has 0 saturated carbocycles. The van der Waals surface area contributed by atoms with Crippen molar-refractivity contribution in [2.75, 3.05) is 5.73 Å². The van der Waals surface area contributed by atoms with E-state index in [2.05, 4.69) is 27.0 Å². The van der Waals surface area contributed by atoms with Crippen LogP contribution in [0.3, 0.4) is 0 Å². The van der Waals surface area contributed by atoms with Crippen LogP contribution < -0.4 is 5.73 Å². The largest absolute Gasteiger partial charge is 0.383 e. The van der Waals surface area contributed by atoms with Gasteiger partial charge in [-0.15, -0.1) is 0 Å². The molecule has 3 nitrogen and oxygen atoms in total. The molecule has 3 rings (SSSR count). The van der Waals surface area contributed by atoms with Crippen molar-refractivity contribution in [3.63, 3.8) is 0 Å². The summed E-state index contributed by atoms with van der Waals surface area (Å²) in [6.45, 7) is 0. The minimum Gasteiger partial charge on any atom is -0.383 e. The van der Waals surface area contributed by atoms with Gasteiger partial charge in [0.05, 0.1) is 5.52 Å². The van der Waals surface area contributed by atoms with E-state index in [0.717, 1.165) is 26.5 Å². The number of aromatic nitrogens is 1. The molecule has 0 aliphatic carbocycles. The summed E-state index contributed by atoms with van der Waals surface area (Å²) in [5, 5.41) is 11.0. The molecule has 0 radical (unpaired) electrons. The first-order valence-corrected chi connectivity index (χ1v) is 7.32. The van der Waals surface area contributed by atoms with E-state index in [9.17, 15) is 5.26 Å². The van der Waals surface area contributed by atoms with Gasteiger partial charge in [-0.3, -0.25) is 0 Å². The summed E-state index contributed by atoms with van der Waals surface area (Å²) in [6.07, 6.45) is 0. The predicted molar refractivity (Wildman–Crippen MR) is 89.0 cm³/mol. The molecule has 0 saturated heterocycles. The fourth-order valence-electron chi connectivity index (χ4n) is 2.28. The topological polar surface area (TPSA) is 62.7 Å². The van der Waals surface area contributed by atoms with Gasteiger partial charge in [-0.25, -0.2) is 4.98 Å². The molecular formula is C16H9BrClN3. The van der Waals surface area contributed by atoms with Gasteiger partial charge >= 0.3 is 0 Å². The maximum Gasteiger partial charge on any atom is 0.142 e. The molecule has 1 heterocycles. The number of nitrogen functional groups attached to an aromatic ring is 1. The molecule has 2 N–H and O–H groups in total. The molecule has 0 fully saturated rings. The number of rotatable bonds is 1. The van der Waals surface area contributed by atoms with Crippen molar-refractivity contribution in [3.8, 4) is 17.2 Å². The number of nitriles is 1. The number of fused-ring (bicyclic) bond motifs is 1. The Hall–Kier alpha value is -2.09. The third kappa shape index (κ3) is 2.46. The summed E-state index contributed by atoms with van der Waals surface area (Å²) in [7, 11) is 0. The van der Waals surface area contributed by atoms with Crippen molar-refractivity contribution in [1.29, 1.82) is 5.26 Å². The fourth-order valence-corrected chi connectivity index (χ4v) is 2.77. The van der Waals surface area contributed by atoms with Crippen LogP contribution in [0.5, 0.6) is 0 Å². The minimum absolute atomic E-state index is 0.234. The zero-order valence-electron chi connectivity index (χ0n) is 10.8. The van der Waals surface area contributed by atoms with Gasteiger partial charge in [-0.2, -0.15) is 5.26 Å². The van der Waals surface area contributed by atoms with Crippen LogP contribution in [0, 0.1) is 11.3 Å². The number of pyridine rings is 1. The third-order valence-electron chi connectivity index (χ3n) is 3.22. The van der Waals surface area contributed by atoms with Crippen molar-refractivity contribution >= 4 is 44.3 Å². The van der Waals surface area contributed by atoms with Crippen LogP contribution in [0.25, 0.3) is 22.0 Å². The normalized spacial score (nSPS) is 10.5. The minimum atomic E-state index is 0.234. The highest BCUT2D eigenvalue weighted by Crippen LogP contribution is 2.35. The van der Waals surface area contributed by atoms with E-state index in [1.165, 1.54) is 0 Å². The second kappa shape index (κ2) is 5.36. The standard InChI is InChI=1S/C16H9BrClN3/c17-10-3-6-14-12(7-10)15(13(8-19)16(20)21-14)9-1-4-11(18)5-2-9/h1-7H,(H2,20,21). The molecule has 5 heteroatoms. The quantitative estimate of drug-likeness (QED) is 0.681. The van der Waals surface area contributed by atoms with Gasteiger partial charge < -0.3 is 5.73 Å². The molecule has 21 heavy (non-hydrogen) atoms. The average Bonchev–Trinajstić information content (AvgIpc) is 2.47. The van der Waals surface area contributed by atoms with Crippen molar-refractivity contribution in [3.05, 3.63) is 57.5 Å². The molecule has 2 aromatic carbocycles. The van der Waals surface area contributed by atoms with E-state index in [1.54, 1.807) is 12.1 Å². The average molecular weight is 359 g/mol. The predicted octanol–water partition coefficient (Wildman–Crippen LogP) is 4.77. The van der Waals surface area contributed by atoms with Crippen LogP contribution in [0.15, 0.2) is 46.9 Å². The SMILES string of the molecule is N#Cc1c(N)nc2ccc(Br)cc2c1-c1ccc(Cl)cc1. The van der Waals surface area contributed by atoms with Crippen LogP contribution >= 0.6 is 27.5 Å². The highest BCUT2D eigenvalue weighted by molar-refractivity contribution is 9.10. The summed E-state index contributed by atoms with van der Waals surface area (Å²) in [5.74, 6) is 0.234. The first kappa shape index (κ1) is 13.9. The number of nitrogens with two attached hydrogens (primary N) is 1. The fraction of sp³-hybridized carbons (Fsp3) is 0. The van der Waals surface area contributed by atoms with Gasteiger partial charge in [0.15, 0.2) is 0 Å². The zero-order valence-corrected chi connectivity index (χ0v) is 13.1. The summed E-state index contributed by atoms with van der Waals surface area (Å²) >= 11 is 9.39. The molecule has 0 spiro atoms. The van der Waals surface area contributed by atoms with Gasteiger partial charge in [-0.05, 0) is 35.9 Å². The highest BCUT2D eigenvalue weighted by Gasteiger charge is 2.15. The number of hydrogen-bond donors (Lipinski definition) is 1. The third-order valence-corrected chi connectivity index (χ3v) is 3.96. The van der Waals surface area contributed by atoms with Crippen LogP contribution in [-0.4, -0.2) is 4.98 Å². The highest BCUT2D eigenvalue weighted by atomic mass is 79.9. The number of benzene rings is 2. The summed E-state index contributed by atoms with van der Waals surface area (Å²) in [5.41, 5.74) is 8.72. The van der Waals surface area contributed by atoms with Crippen LogP contribution in [0.4, 0.5) is 5.82 Å². The Morgan fingerprint density at radius 1 is 1.14 bits per heavy atom. The van der Waals surface area contributed by atoms with Gasteiger partial charge in [0.1, 0.15) is 17.5 Å². The van der Waals surface area contributed by atoms with Crippen molar-refractivity contribution in [2.24, 2.45) is 0 Å². The number of halogens is 2. The van der Waals surface area contributed by atoms with Gasteiger partial charge in [-0.1, -0.05) is 39.7 Å². The Kier molecular flexibility index (Phi) is 3.54. The Bertz CT molecular complexity index is 883. The molecule has 102 valence electrons. The van der Waals surface area contributed by atoms with Crippen LogP contribution in [-0.2, 0) is 0 Å². The molecule has 0 aliphatic heterocycles. The maximum absolute atomic E-state index is 9.44. The monoisotopic (exact) mass is 357 g/mol. The molecular weight excluding hydrogens is 350 g/mol. The van der Waals surface area contributed by atoms with Gasteiger partial charge in [0, 0.05) is 20.4 Å². The van der Waals surface area contributed by atoms with Crippen molar-refractivity contribution in [1.82, 2.24) is 4.98 Å². The van der Waals surface area contributed by atoms with E-state index in [1.807, 2.05) is 30.3 Å². The van der Waals surface area contributed by atoms with E-state index >= 15 is 0 Å². The Morgan fingerprint density at radius 3 is 2.52 bits per heavy atom. The molecule has 0 amide bonds. The molecule has 3 aromatic rings. The molecule has 0 aliphatic rings. The number of nitrogens with zero attached hydrogens (tertiary/aromatic N) is 2. The van der Waals surface area contributed by atoms with Gasteiger partial charge in [0.2, 0.25) is 0 Å². The first-order valence-electron chi connectivity index (χ1n) is 6.15. The second-order valence-corrected chi connectivity index (χ2v) is 5.88. The van der Waals surface area contributed by atoms with Crippen LogP contribution in [0.1, 0.15) is 5.56 Å². The lowest BCUT2D eigenvalue weighted by Gasteiger charge is -2.11. The smallest absolute Gasteiger partial charge is 0.142 e. The Balaban J connectivity index is 2.45. The number of hydrogen-bond acceptors (Lipinski definition) is 3. The number of anilines is 1. The van der Waals surface area contributed by atoms with E-state index in [4.69, 9.17) is 17.3 Å². The van der Waals surface area contributed by atoms with Crippen molar-refractivity contribution in [2.45, 2.75) is 0 Å². The van der Waals surface area contributed by atoms with E-state index in [-0.39, 0.29) is 5.82 Å². The Morgan fingerprint density at radius 2 is 1.86 bits per heavy atom. The lowest BCUT2D eigenvalue weighted by atomic mass is 9.96. The molecule has 1 aromatic heterocycles. The summed E-state index contributed by atoms with van der Waals surface area (Å²) in [6, 6.07) is 15.2. The van der Waals surface area contributed by atoms with Crippen LogP contribution in [0.2, 0.25) is 5.02 Å². The zero-order chi connectivity index (χ0) is 15.0. The van der Waals surface area contributed by atoms with E-state index < -0.39 is 0 Å². The molecule has 0 atom stereocenters. The van der Waals surface area contributed by atoms with Crippen molar-refractivity contribution < 1.29 is 0 Å². The maximum atomic E-state index is 9.44. The van der Waals surface area contributed by atoms with E-state index in [0.29, 0.717) is 10.6 Å². The summed E-state index contributed by atoms with van der Waals surface area (Å²) in [4.78, 5) is 4.30. The molecule has 0 unspecified atom stereocenters. The second-order valence-electron chi connectivity index (χ2n) is 4.53. The van der Waals surface area contributed by atoms with Gasteiger partial charge in [0.25, 0.3) is 0 Å². The summed E-state index contributed by atoms with van der Waals surface area (Å²) < 4.78 is 0.917. The lowest BCUT2D eigenvalue weighted by Crippen LogP contribution is -1.99. The Labute approximate surface area is 135 Å². The lowest BCUT2D eigenvalue weighted by molar-refractivity contribution is 1.37. The first-order chi connectivity index (χ1) is 10.1. The molecule has 0 bridgehead atoms.